The fourth-order valence-electron chi connectivity index (χ4n) is 3.14. The Morgan fingerprint density at radius 3 is 2.67 bits per heavy atom. The van der Waals surface area contributed by atoms with Gasteiger partial charge in [0.15, 0.2) is 0 Å². The van der Waals surface area contributed by atoms with Crippen molar-refractivity contribution in [2.75, 3.05) is 30.5 Å². The molecule has 0 radical (unpaired) electrons. The number of amides is 3. The van der Waals surface area contributed by atoms with E-state index >= 15 is 0 Å². The molecule has 0 spiro atoms. The number of benzene rings is 2. The van der Waals surface area contributed by atoms with Gasteiger partial charge in [-0.15, -0.1) is 6.58 Å². The minimum Gasteiger partial charge on any atom is -0.497 e. The molecule has 0 saturated heterocycles. The van der Waals surface area contributed by atoms with Crippen LogP contribution in [0.2, 0.25) is 0 Å². The van der Waals surface area contributed by atoms with Gasteiger partial charge in [0.2, 0.25) is 5.91 Å². The molecule has 1 aliphatic heterocycles. The molecular formula is C23H27N3O4. The van der Waals surface area contributed by atoms with Crippen LogP contribution in [0.3, 0.4) is 0 Å². The normalized spacial score (nSPS) is 14.8. The Bertz CT molecular complexity index is 938. The van der Waals surface area contributed by atoms with E-state index in [4.69, 9.17) is 9.47 Å². The van der Waals surface area contributed by atoms with Crippen molar-refractivity contribution in [3.8, 4) is 11.5 Å². The third kappa shape index (κ3) is 4.74. The van der Waals surface area contributed by atoms with Crippen molar-refractivity contribution in [3.63, 3.8) is 0 Å². The number of hydrogen-bond acceptors (Lipinski definition) is 4. The Labute approximate surface area is 176 Å². The molecule has 0 atom stereocenters. The zero-order valence-corrected chi connectivity index (χ0v) is 17.5. The lowest BCUT2D eigenvalue weighted by Gasteiger charge is -2.27. The Hall–Kier alpha value is -3.48. The predicted molar refractivity (Wildman–Crippen MR) is 117 cm³/mol. The number of carbonyl (C=O) groups is 2. The van der Waals surface area contributed by atoms with Crippen LogP contribution in [0.25, 0.3) is 0 Å². The van der Waals surface area contributed by atoms with Crippen LogP contribution in [-0.2, 0) is 11.3 Å². The van der Waals surface area contributed by atoms with Gasteiger partial charge in [-0.3, -0.25) is 4.79 Å². The van der Waals surface area contributed by atoms with Crippen molar-refractivity contribution in [1.82, 2.24) is 5.32 Å². The van der Waals surface area contributed by atoms with Crippen molar-refractivity contribution < 1.29 is 19.1 Å². The van der Waals surface area contributed by atoms with Gasteiger partial charge in [-0.05, 0) is 43.7 Å². The number of anilines is 2. The molecule has 0 unspecified atom stereocenters. The highest BCUT2D eigenvalue weighted by molar-refractivity contribution is 6.00. The lowest BCUT2D eigenvalue weighted by molar-refractivity contribution is -0.127. The number of urea groups is 1. The van der Waals surface area contributed by atoms with Gasteiger partial charge in [-0.1, -0.05) is 18.2 Å². The summed E-state index contributed by atoms with van der Waals surface area (Å²) in [5, 5.41) is 5.62. The van der Waals surface area contributed by atoms with E-state index in [2.05, 4.69) is 17.2 Å². The fourth-order valence-corrected chi connectivity index (χ4v) is 3.14. The largest absolute Gasteiger partial charge is 0.497 e. The first-order chi connectivity index (χ1) is 14.3. The van der Waals surface area contributed by atoms with Gasteiger partial charge in [0.1, 0.15) is 18.1 Å². The minimum atomic E-state index is -0.661. The highest BCUT2D eigenvalue weighted by Gasteiger charge is 2.37. The van der Waals surface area contributed by atoms with Gasteiger partial charge in [-0.2, -0.15) is 0 Å². The van der Waals surface area contributed by atoms with E-state index in [1.54, 1.807) is 36.3 Å². The van der Waals surface area contributed by atoms with E-state index in [0.29, 0.717) is 30.2 Å². The number of carbonyl (C=O) groups excluding carboxylic acids is 2. The van der Waals surface area contributed by atoms with Crippen LogP contribution < -0.4 is 25.0 Å². The summed E-state index contributed by atoms with van der Waals surface area (Å²) in [5.74, 6) is 1.28. The molecular weight excluding hydrogens is 382 g/mol. The second kappa shape index (κ2) is 8.90. The molecule has 2 aromatic rings. The van der Waals surface area contributed by atoms with Crippen LogP contribution in [0.4, 0.5) is 16.2 Å². The second-order valence-corrected chi connectivity index (χ2v) is 7.72. The van der Waals surface area contributed by atoms with Crippen LogP contribution in [0, 0.1) is 5.41 Å². The second-order valence-electron chi connectivity index (χ2n) is 7.72. The molecule has 3 amide bonds. The molecule has 0 saturated carbocycles. The number of rotatable bonds is 6. The van der Waals surface area contributed by atoms with Gasteiger partial charge in [0.05, 0.1) is 18.2 Å². The maximum absolute atomic E-state index is 12.9. The molecule has 0 aromatic heterocycles. The van der Waals surface area contributed by atoms with Crippen LogP contribution >= 0.6 is 0 Å². The zero-order valence-electron chi connectivity index (χ0n) is 17.5. The Balaban J connectivity index is 1.69. The highest BCUT2D eigenvalue weighted by atomic mass is 16.5. The van der Waals surface area contributed by atoms with Crippen molar-refractivity contribution in [3.05, 3.63) is 60.7 Å². The molecule has 158 valence electrons. The average molecular weight is 409 g/mol. The van der Waals surface area contributed by atoms with E-state index in [0.717, 1.165) is 11.3 Å². The van der Waals surface area contributed by atoms with Crippen LogP contribution in [0.1, 0.15) is 19.4 Å². The smallest absolute Gasteiger partial charge is 0.319 e. The molecule has 1 aliphatic rings. The van der Waals surface area contributed by atoms with Gasteiger partial charge < -0.3 is 25.0 Å². The predicted octanol–water partition coefficient (Wildman–Crippen LogP) is 3.95. The molecule has 7 heteroatoms. The van der Waals surface area contributed by atoms with Gasteiger partial charge in [0, 0.05) is 24.8 Å². The van der Waals surface area contributed by atoms with Gasteiger partial charge in [0.25, 0.3) is 0 Å². The monoisotopic (exact) mass is 409 g/mol. The Morgan fingerprint density at radius 2 is 2.00 bits per heavy atom. The number of methoxy groups -OCH3 is 1. The SMILES string of the molecule is C=CCN1C(=O)C(C)(C)COc2cc(NC(=O)NCc3ccc(OC)cc3)ccc21. The standard InChI is InChI=1S/C23H27N3O4/c1-5-12-26-19-11-8-17(13-20(19)30-15-23(2,3)21(26)27)25-22(28)24-14-16-6-9-18(29-4)10-7-16/h5-11,13H,1,12,14-15H2,2-4H3,(H2,24,25,28). The highest BCUT2D eigenvalue weighted by Crippen LogP contribution is 2.38. The number of fused-ring (bicyclic) bond motifs is 1. The molecule has 0 bridgehead atoms. The minimum absolute atomic E-state index is 0.0286. The molecule has 1 heterocycles. The van der Waals surface area contributed by atoms with Crippen molar-refractivity contribution in [2.45, 2.75) is 20.4 Å². The van der Waals surface area contributed by atoms with Gasteiger partial charge in [-0.25, -0.2) is 4.79 Å². The summed E-state index contributed by atoms with van der Waals surface area (Å²) in [6.07, 6.45) is 1.68. The summed E-state index contributed by atoms with van der Waals surface area (Å²) in [5.41, 5.74) is 1.53. The number of hydrogen-bond donors (Lipinski definition) is 2. The lowest BCUT2D eigenvalue weighted by atomic mass is 9.93. The number of ether oxygens (including phenoxy) is 2. The summed E-state index contributed by atoms with van der Waals surface area (Å²) >= 11 is 0. The first kappa shape index (κ1) is 21.2. The lowest BCUT2D eigenvalue weighted by Crippen LogP contribution is -2.42. The Morgan fingerprint density at radius 1 is 1.27 bits per heavy atom. The Kier molecular flexibility index (Phi) is 6.30. The molecule has 0 aliphatic carbocycles. The number of nitrogens with one attached hydrogen (secondary N) is 2. The first-order valence-electron chi connectivity index (χ1n) is 9.71. The quantitative estimate of drug-likeness (QED) is 0.708. The molecule has 2 aromatic carbocycles. The molecule has 7 nitrogen and oxygen atoms in total. The van der Waals surface area contributed by atoms with E-state index in [-0.39, 0.29) is 18.5 Å². The summed E-state index contributed by atoms with van der Waals surface area (Å²) in [6, 6.07) is 12.4. The fraction of sp³-hybridized carbons (Fsp3) is 0.304. The van der Waals surface area contributed by atoms with Crippen LogP contribution in [0.5, 0.6) is 11.5 Å². The first-order valence-corrected chi connectivity index (χ1v) is 9.71. The van der Waals surface area contributed by atoms with Crippen LogP contribution in [0.15, 0.2) is 55.1 Å². The average Bonchev–Trinajstić information content (AvgIpc) is 2.83. The molecule has 2 N–H and O–H groups in total. The number of nitrogens with zero attached hydrogens (tertiary/aromatic N) is 1. The molecule has 3 rings (SSSR count). The zero-order chi connectivity index (χ0) is 21.7. The van der Waals surface area contributed by atoms with Gasteiger partial charge >= 0.3 is 6.03 Å². The third-order valence-electron chi connectivity index (χ3n) is 4.84. The van der Waals surface area contributed by atoms with Crippen molar-refractivity contribution in [2.24, 2.45) is 5.41 Å². The maximum atomic E-state index is 12.9. The summed E-state index contributed by atoms with van der Waals surface area (Å²) in [7, 11) is 1.61. The summed E-state index contributed by atoms with van der Waals surface area (Å²) in [4.78, 5) is 26.8. The van der Waals surface area contributed by atoms with Crippen molar-refractivity contribution in [1.29, 1.82) is 0 Å². The topological polar surface area (TPSA) is 79.9 Å². The van der Waals surface area contributed by atoms with E-state index in [9.17, 15) is 9.59 Å². The van der Waals surface area contributed by atoms with Crippen LogP contribution in [-0.4, -0.2) is 32.2 Å². The molecule has 30 heavy (non-hydrogen) atoms. The molecule has 0 fully saturated rings. The maximum Gasteiger partial charge on any atom is 0.319 e. The van der Waals surface area contributed by atoms with E-state index < -0.39 is 5.41 Å². The summed E-state index contributed by atoms with van der Waals surface area (Å²) in [6.45, 7) is 8.46. The van der Waals surface area contributed by atoms with E-state index in [1.165, 1.54) is 0 Å². The van der Waals surface area contributed by atoms with Crippen molar-refractivity contribution >= 4 is 23.3 Å². The summed E-state index contributed by atoms with van der Waals surface area (Å²) < 4.78 is 11.0. The van der Waals surface area contributed by atoms with E-state index in [1.807, 2.05) is 38.1 Å². The third-order valence-corrected chi connectivity index (χ3v) is 4.84.